The van der Waals surface area contributed by atoms with Crippen LogP contribution in [0.25, 0.3) is 16.9 Å². The zero-order valence-electron chi connectivity index (χ0n) is 19.0. The summed E-state index contributed by atoms with van der Waals surface area (Å²) >= 11 is 3.59. The maximum Gasteiger partial charge on any atom is 0.343 e. The van der Waals surface area contributed by atoms with Crippen LogP contribution in [0, 0.1) is 0 Å². The van der Waals surface area contributed by atoms with E-state index in [1.807, 2.05) is 36.5 Å². The summed E-state index contributed by atoms with van der Waals surface area (Å²) in [4.78, 5) is 18.0. The van der Waals surface area contributed by atoms with Gasteiger partial charge in [0.05, 0.1) is 5.56 Å². The van der Waals surface area contributed by atoms with Gasteiger partial charge in [-0.25, -0.2) is 9.78 Å². The average molecular weight is 534 g/mol. The number of nitrogens with one attached hydrogen (secondary N) is 1. The second-order valence-corrected chi connectivity index (χ2v) is 9.73. The van der Waals surface area contributed by atoms with Gasteiger partial charge in [0.25, 0.3) is 0 Å². The first-order chi connectivity index (χ1) is 17.2. The molecule has 1 saturated carbocycles. The van der Waals surface area contributed by atoms with E-state index >= 15 is 0 Å². The molecule has 7 nitrogen and oxygen atoms in total. The Morgan fingerprint density at radius 3 is 2.74 bits per heavy atom. The second kappa shape index (κ2) is 9.26. The number of benzene rings is 2. The molecule has 0 saturated heterocycles. The lowest BCUT2D eigenvalue weighted by molar-refractivity contribution is 0.0735. The number of ether oxygens (including phenoxy) is 3. The van der Waals surface area contributed by atoms with Gasteiger partial charge in [-0.05, 0) is 71.2 Å². The summed E-state index contributed by atoms with van der Waals surface area (Å²) in [5, 5.41) is 3.75. The van der Waals surface area contributed by atoms with E-state index in [9.17, 15) is 4.79 Å². The van der Waals surface area contributed by atoms with E-state index in [1.165, 1.54) is 19.3 Å². The number of rotatable bonds is 5. The summed E-state index contributed by atoms with van der Waals surface area (Å²) in [6, 6.07) is 16.9. The minimum absolute atomic E-state index is 0.150. The van der Waals surface area contributed by atoms with Crippen LogP contribution in [0.1, 0.15) is 42.5 Å². The number of para-hydroxylation sites is 1. The standard InChI is InChI=1S/C27H24BrN3O4/c28-18-11-13-24-30-25(26(31(24)15-18)29-19-6-2-1-3-7-19)20-8-4-5-9-21(20)35-27(32)17-10-12-22-23(14-17)34-16-33-22/h4-5,8-15,19,29H,1-3,6-7,16H2. The third kappa shape index (κ3) is 4.34. The number of carbonyl (C=O) groups is 1. The van der Waals surface area contributed by atoms with Gasteiger partial charge in [0, 0.05) is 22.3 Å². The van der Waals surface area contributed by atoms with Crippen molar-refractivity contribution in [3.05, 3.63) is 70.8 Å². The SMILES string of the molecule is O=C(Oc1ccccc1-c1nc2ccc(Br)cn2c1NC1CCCCC1)c1ccc2c(c1)OCO2. The molecular weight excluding hydrogens is 510 g/mol. The molecule has 1 N–H and O–H groups in total. The number of hydrogen-bond donors (Lipinski definition) is 1. The van der Waals surface area contributed by atoms with Crippen LogP contribution in [0.15, 0.2) is 65.3 Å². The maximum absolute atomic E-state index is 13.1. The highest BCUT2D eigenvalue weighted by Gasteiger charge is 2.23. The van der Waals surface area contributed by atoms with Gasteiger partial charge in [0.1, 0.15) is 22.9 Å². The van der Waals surface area contributed by atoms with Crippen molar-refractivity contribution in [3.8, 4) is 28.5 Å². The Bertz CT molecular complexity index is 1410. The van der Waals surface area contributed by atoms with Crippen LogP contribution in [-0.4, -0.2) is 28.2 Å². The van der Waals surface area contributed by atoms with Gasteiger partial charge in [0.2, 0.25) is 6.79 Å². The van der Waals surface area contributed by atoms with Gasteiger partial charge in [-0.3, -0.25) is 4.40 Å². The van der Waals surface area contributed by atoms with E-state index < -0.39 is 5.97 Å². The van der Waals surface area contributed by atoms with Crippen molar-refractivity contribution in [2.75, 3.05) is 12.1 Å². The third-order valence-electron chi connectivity index (χ3n) is 6.48. The Balaban J connectivity index is 1.38. The first-order valence-corrected chi connectivity index (χ1v) is 12.6. The van der Waals surface area contributed by atoms with Gasteiger partial charge in [-0.2, -0.15) is 0 Å². The molecule has 4 aromatic rings. The van der Waals surface area contributed by atoms with Crippen LogP contribution in [0.5, 0.6) is 17.2 Å². The minimum atomic E-state index is -0.468. The zero-order chi connectivity index (χ0) is 23.8. The van der Waals surface area contributed by atoms with Gasteiger partial charge < -0.3 is 19.5 Å². The first-order valence-electron chi connectivity index (χ1n) is 11.8. The molecule has 0 bridgehead atoms. The quantitative estimate of drug-likeness (QED) is 0.234. The molecule has 3 heterocycles. The third-order valence-corrected chi connectivity index (χ3v) is 6.95. The van der Waals surface area contributed by atoms with Crippen molar-refractivity contribution < 1.29 is 19.0 Å². The highest BCUT2D eigenvalue weighted by molar-refractivity contribution is 9.10. The van der Waals surface area contributed by atoms with Gasteiger partial charge in [0.15, 0.2) is 11.5 Å². The first kappa shape index (κ1) is 22.0. The predicted octanol–water partition coefficient (Wildman–Crippen LogP) is 6.46. The predicted molar refractivity (Wildman–Crippen MR) is 136 cm³/mol. The number of pyridine rings is 1. The molecule has 0 spiro atoms. The topological polar surface area (TPSA) is 74.1 Å². The maximum atomic E-state index is 13.1. The molecule has 2 aromatic carbocycles. The van der Waals surface area contributed by atoms with Crippen molar-refractivity contribution in [1.29, 1.82) is 0 Å². The van der Waals surface area contributed by atoms with E-state index in [0.717, 1.165) is 40.0 Å². The monoisotopic (exact) mass is 533 g/mol. The molecular formula is C27H24BrN3O4. The van der Waals surface area contributed by atoms with E-state index in [0.29, 0.717) is 28.9 Å². The molecule has 35 heavy (non-hydrogen) atoms. The fourth-order valence-electron chi connectivity index (χ4n) is 4.72. The summed E-state index contributed by atoms with van der Waals surface area (Å²) in [5.41, 5.74) is 2.71. The number of imidazole rings is 1. The number of aromatic nitrogens is 2. The fourth-order valence-corrected chi connectivity index (χ4v) is 5.06. The van der Waals surface area contributed by atoms with Crippen molar-refractivity contribution in [1.82, 2.24) is 9.38 Å². The smallest absolute Gasteiger partial charge is 0.343 e. The highest BCUT2D eigenvalue weighted by atomic mass is 79.9. The van der Waals surface area contributed by atoms with Gasteiger partial charge in [-0.15, -0.1) is 0 Å². The lowest BCUT2D eigenvalue weighted by Gasteiger charge is -2.24. The van der Waals surface area contributed by atoms with Gasteiger partial charge >= 0.3 is 5.97 Å². The summed E-state index contributed by atoms with van der Waals surface area (Å²) in [7, 11) is 0. The van der Waals surface area contributed by atoms with Crippen LogP contribution >= 0.6 is 15.9 Å². The van der Waals surface area contributed by atoms with Crippen LogP contribution < -0.4 is 19.5 Å². The van der Waals surface area contributed by atoms with E-state index in [4.69, 9.17) is 19.2 Å². The molecule has 0 amide bonds. The molecule has 6 rings (SSSR count). The lowest BCUT2D eigenvalue weighted by Crippen LogP contribution is -2.23. The molecule has 0 atom stereocenters. The molecule has 8 heteroatoms. The van der Waals surface area contributed by atoms with Crippen molar-refractivity contribution in [3.63, 3.8) is 0 Å². The number of carbonyl (C=O) groups excluding carboxylic acids is 1. The molecule has 1 aliphatic heterocycles. The van der Waals surface area contributed by atoms with Crippen molar-refractivity contribution in [2.45, 2.75) is 38.1 Å². The van der Waals surface area contributed by atoms with Crippen LogP contribution in [0.4, 0.5) is 5.82 Å². The van der Waals surface area contributed by atoms with E-state index in [1.54, 1.807) is 24.3 Å². The highest BCUT2D eigenvalue weighted by Crippen LogP contribution is 2.38. The molecule has 1 aliphatic carbocycles. The number of esters is 1. The summed E-state index contributed by atoms with van der Waals surface area (Å²) in [5.74, 6) is 2.04. The second-order valence-electron chi connectivity index (χ2n) is 8.82. The largest absolute Gasteiger partial charge is 0.454 e. The number of hydrogen-bond acceptors (Lipinski definition) is 6. The molecule has 2 aromatic heterocycles. The van der Waals surface area contributed by atoms with Crippen molar-refractivity contribution >= 4 is 33.4 Å². The Morgan fingerprint density at radius 1 is 1.03 bits per heavy atom. The van der Waals surface area contributed by atoms with Crippen LogP contribution in [0.2, 0.25) is 0 Å². The number of halogens is 1. The Labute approximate surface area is 211 Å². The molecule has 1 fully saturated rings. The van der Waals surface area contributed by atoms with Gasteiger partial charge in [-0.1, -0.05) is 31.4 Å². The lowest BCUT2D eigenvalue weighted by atomic mass is 9.95. The number of fused-ring (bicyclic) bond motifs is 2. The molecule has 2 aliphatic rings. The summed E-state index contributed by atoms with van der Waals surface area (Å²) in [6.07, 6.45) is 7.98. The molecule has 0 radical (unpaired) electrons. The average Bonchev–Trinajstić information content (AvgIpc) is 3.49. The van der Waals surface area contributed by atoms with Crippen LogP contribution in [0.3, 0.4) is 0 Å². The number of nitrogens with zero attached hydrogens (tertiary/aromatic N) is 2. The Morgan fingerprint density at radius 2 is 1.86 bits per heavy atom. The minimum Gasteiger partial charge on any atom is -0.454 e. The normalized spacial score (nSPS) is 15.3. The fraction of sp³-hybridized carbons (Fsp3) is 0.259. The van der Waals surface area contributed by atoms with Crippen LogP contribution in [-0.2, 0) is 0 Å². The zero-order valence-corrected chi connectivity index (χ0v) is 20.6. The number of anilines is 1. The van der Waals surface area contributed by atoms with E-state index in [-0.39, 0.29) is 6.79 Å². The van der Waals surface area contributed by atoms with E-state index in [2.05, 4.69) is 25.6 Å². The molecule has 0 unspecified atom stereocenters. The summed E-state index contributed by atoms with van der Waals surface area (Å²) in [6.45, 7) is 0.150. The Kier molecular flexibility index (Phi) is 5.82. The Hall–Kier alpha value is -3.52. The van der Waals surface area contributed by atoms with Crippen molar-refractivity contribution in [2.24, 2.45) is 0 Å². The molecule has 178 valence electrons. The summed E-state index contributed by atoms with van der Waals surface area (Å²) < 4.78 is 19.7.